The standard InChI is InChI=1S/C20H22FN3O3/c1-27-18-8-4-7-16-14(18)11-17(20(26)24-16)23-19(25)10-13(22)9-12-5-2-3-6-15(12)21/h2-8,13,17H,9-11,22H2,1H3,(H,23,25)(H,24,26)/p+1. The van der Waals surface area contributed by atoms with Crippen molar-refractivity contribution in [1.29, 1.82) is 0 Å². The van der Waals surface area contributed by atoms with Crippen LogP contribution in [0.15, 0.2) is 42.5 Å². The van der Waals surface area contributed by atoms with Gasteiger partial charge in [0.2, 0.25) is 11.8 Å². The first-order valence-corrected chi connectivity index (χ1v) is 8.80. The second kappa shape index (κ2) is 8.18. The molecule has 2 aromatic rings. The van der Waals surface area contributed by atoms with Gasteiger partial charge in [0.15, 0.2) is 0 Å². The van der Waals surface area contributed by atoms with Crippen molar-refractivity contribution in [2.75, 3.05) is 12.4 Å². The predicted molar refractivity (Wildman–Crippen MR) is 98.7 cm³/mol. The lowest BCUT2D eigenvalue weighted by molar-refractivity contribution is -0.418. The molecule has 5 N–H and O–H groups in total. The number of amides is 2. The van der Waals surface area contributed by atoms with Crippen LogP contribution in [0.5, 0.6) is 5.75 Å². The number of carbonyl (C=O) groups excluding carboxylic acids is 2. The van der Waals surface area contributed by atoms with Crippen molar-refractivity contribution in [3.63, 3.8) is 0 Å². The number of ether oxygens (including phenoxy) is 1. The van der Waals surface area contributed by atoms with Crippen molar-refractivity contribution in [3.05, 3.63) is 59.4 Å². The summed E-state index contributed by atoms with van der Waals surface area (Å²) >= 11 is 0. The minimum absolute atomic E-state index is 0.108. The van der Waals surface area contributed by atoms with Gasteiger partial charge in [-0.2, -0.15) is 0 Å². The molecule has 7 heteroatoms. The Bertz CT molecular complexity index is 856. The zero-order valence-electron chi connectivity index (χ0n) is 15.1. The number of hydrogen-bond donors (Lipinski definition) is 3. The van der Waals surface area contributed by atoms with Crippen molar-refractivity contribution in [3.8, 4) is 5.75 Å². The maximum absolute atomic E-state index is 13.7. The summed E-state index contributed by atoms with van der Waals surface area (Å²) in [7, 11) is 1.57. The van der Waals surface area contributed by atoms with Crippen LogP contribution in [0.4, 0.5) is 10.1 Å². The lowest BCUT2D eigenvalue weighted by Gasteiger charge is -2.26. The lowest BCUT2D eigenvalue weighted by Crippen LogP contribution is -2.63. The molecule has 2 amide bonds. The third kappa shape index (κ3) is 4.43. The quantitative estimate of drug-likeness (QED) is 0.708. The monoisotopic (exact) mass is 372 g/mol. The number of halogens is 1. The summed E-state index contributed by atoms with van der Waals surface area (Å²) in [5, 5.41) is 5.54. The van der Waals surface area contributed by atoms with Crippen molar-refractivity contribution >= 4 is 17.5 Å². The first-order valence-electron chi connectivity index (χ1n) is 8.80. The highest BCUT2D eigenvalue weighted by molar-refractivity contribution is 6.00. The summed E-state index contributed by atoms with van der Waals surface area (Å²) in [6.45, 7) is 0. The van der Waals surface area contributed by atoms with Crippen LogP contribution in [0.3, 0.4) is 0 Å². The summed E-state index contributed by atoms with van der Waals surface area (Å²) < 4.78 is 19.1. The SMILES string of the molecule is COc1cccc2c1CC(NC(=O)CC([NH3+])Cc1ccccc1F)C(=O)N2. The molecule has 2 aromatic carbocycles. The topological polar surface area (TPSA) is 95.1 Å². The predicted octanol–water partition coefficient (Wildman–Crippen LogP) is 1.06. The average Bonchev–Trinajstić information content (AvgIpc) is 2.63. The Kier molecular flexibility index (Phi) is 5.71. The highest BCUT2D eigenvalue weighted by atomic mass is 19.1. The molecule has 1 heterocycles. The van der Waals surface area contributed by atoms with Gasteiger partial charge in [0.05, 0.1) is 19.6 Å². The Morgan fingerprint density at radius 1 is 1.33 bits per heavy atom. The second-order valence-corrected chi connectivity index (χ2v) is 6.67. The number of hydrogen-bond acceptors (Lipinski definition) is 3. The van der Waals surface area contributed by atoms with Crippen molar-refractivity contribution in [1.82, 2.24) is 5.32 Å². The van der Waals surface area contributed by atoms with Crippen LogP contribution in [0.25, 0.3) is 0 Å². The van der Waals surface area contributed by atoms with Crippen molar-refractivity contribution in [2.45, 2.75) is 31.3 Å². The Balaban J connectivity index is 1.60. The fourth-order valence-corrected chi connectivity index (χ4v) is 3.28. The smallest absolute Gasteiger partial charge is 0.247 e. The zero-order valence-corrected chi connectivity index (χ0v) is 15.1. The Hall–Kier alpha value is -2.93. The lowest BCUT2D eigenvalue weighted by atomic mass is 9.97. The van der Waals surface area contributed by atoms with Gasteiger partial charge in [-0.05, 0) is 23.8 Å². The first-order chi connectivity index (χ1) is 13.0. The third-order valence-corrected chi connectivity index (χ3v) is 4.61. The largest absolute Gasteiger partial charge is 0.496 e. The average molecular weight is 372 g/mol. The molecule has 0 radical (unpaired) electrons. The second-order valence-electron chi connectivity index (χ2n) is 6.67. The van der Waals surface area contributed by atoms with E-state index in [0.29, 0.717) is 29.8 Å². The van der Waals surface area contributed by atoms with E-state index in [4.69, 9.17) is 4.74 Å². The van der Waals surface area contributed by atoms with Gasteiger partial charge < -0.3 is 21.1 Å². The molecule has 0 saturated heterocycles. The van der Waals surface area contributed by atoms with Crippen LogP contribution in [0.2, 0.25) is 0 Å². The number of carbonyl (C=O) groups is 2. The number of nitrogens with one attached hydrogen (secondary N) is 2. The highest BCUT2D eigenvalue weighted by Gasteiger charge is 2.30. The fourth-order valence-electron chi connectivity index (χ4n) is 3.28. The number of anilines is 1. The molecule has 3 rings (SSSR count). The van der Waals surface area contributed by atoms with E-state index in [2.05, 4.69) is 16.4 Å². The fraction of sp³-hybridized carbons (Fsp3) is 0.300. The normalized spacial score (nSPS) is 16.9. The van der Waals surface area contributed by atoms with Crippen LogP contribution in [-0.4, -0.2) is 31.0 Å². The van der Waals surface area contributed by atoms with E-state index in [0.717, 1.165) is 5.56 Å². The van der Waals surface area contributed by atoms with Crippen LogP contribution >= 0.6 is 0 Å². The van der Waals surface area contributed by atoms with Crippen LogP contribution in [0, 0.1) is 5.82 Å². The molecule has 2 atom stereocenters. The number of rotatable bonds is 6. The molecule has 142 valence electrons. The summed E-state index contributed by atoms with van der Waals surface area (Å²) in [4.78, 5) is 24.6. The summed E-state index contributed by atoms with van der Waals surface area (Å²) in [5.74, 6) is -0.188. The van der Waals surface area contributed by atoms with Gasteiger partial charge >= 0.3 is 0 Å². The maximum Gasteiger partial charge on any atom is 0.247 e. The molecular formula is C20H23FN3O3+. The van der Waals surface area contributed by atoms with Crippen LogP contribution in [0.1, 0.15) is 17.5 Å². The van der Waals surface area contributed by atoms with Gasteiger partial charge in [-0.1, -0.05) is 24.3 Å². The van der Waals surface area contributed by atoms with E-state index in [1.54, 1.807) is 37.4 Å². The minimum Gasteiger partial charge on any atom is -0.496 e. The maximum atomic E-state index is 13.7. The van der Waals surface area contributed by atoms with Gasteiger partial charge in [0, 0.05) is 24.1 Å². The van der Waals surface area contributed by atoms with Gasteiger partial charge in [-0.25, -0.2) is 4.39 Å². The van der Waals surface area contributed by atoms with E-state index in [-0.39, 0.29) is 30.1 Å². The molecule has 1 aliphatic rings. The first kappa shape index (κ1) is 18.8. The third-order valence-electron chi connectivity index (χ3n) is 4.61. The number of fused-ring (bicyclic) bond motifs is 1. The Labute approximate surface area is 156 Å². The number of benzene rings is 2. The van der Waals surface area contributed by atoms with Crippen molar-refractivity contribution < 1.29 is 24.5 Å². The van der Waals surface area contributed by atoms with Gasteiger partial charge in [-0.15, -0.1) is 0 Å². The van der Waals surface area contributed by atoms with E-state index >= 15 is 0 Å². The molecule has 0 bridgehead atoms. The molecule has 27 heavy (non-hydrogen) atoms. The summed E-state index contributed by atoms with van der Waals surface area (Å²) in [5.41, 5.74) is 6.01. The molecule has 2 unspecified atom stereocenters. The summed E-state index contributed by atoms with van der Waals surface area (Å²) in [6, 6.07) is 10.9. The number of methoxy groups -OCH3 is 1. The Morgan fingerprint density at radius 2 is 2.11 bits per heavy atom. The molecule has 0 aliphatic carbocycles. The molecule has 0 spiro atoms. The van der Waals surface area contributed by atoms with Crippen LogP contribution in [-0.2, 0) is 22.4 Å². The van der Waals surface area contributed by atoms with E-state index in [1.807, 2.05) is 6.07 Å². The molecule has 0 fully saturated rings. The molecular weight excluding hydrogens is 349 g/mol. The molecule has 0 saturated carbocycles. The van der Waals surface area contributed by atoms with Gasteiger partial charge in [-0.3, -0.25) is 9.59 Å². The highest BCUT2D eigenvalue weighted by Crippen LogP contribution is 2.30. The molecule has 6 nitrogen and oxygen atoms in total. The minimum atomic E-state index is -0.679. The zero-order chi connectivity index (χ0) is 19.4. The summed E-state index contributed by atoms with van der Waals surface area (Å²) in [6.07, 6.45) is 0.816. The van der Waals surface area contributed by atoms with Gasteiger partial charge in [0.1, 0.15) is 17.6 Å². The van der Waals surface area contributed by atoms with E-state index < -0.39 is 6.04 Å². The number of quaternary nitrogens is 1. The Morgan fingerprint density at radius 3 is 2.85 bits per heavy atom. The van der Waals surface area contributed by atoms with Gasteiger partial charge in [0.25, 0.3) is 0 Å². The van der Waals surface area contributed by atoms with E-state index in [9.17, 15) is 14.0 Å². The molecule has 0 aromatic heterocycles. The van der Waals surface area contributed by atoms with Crippen LogP contribution < -0.4 is 21.1 Å². The van der Waals surface area contributed by atoms with E-state index in [1.165, 1.54) is 6.07 Å². The molecule has 1 aliphatic heterocycles. The van der Waals surface area contributed by atoms with Crippen molar-refractivity contribution in [2.24, 2.45) is 0 Å².